The van der Waals surface area contributed by atoms with Crippen LogP contribution < -0.4 is 11.2 Å². The fraction of sp³-hybridized carbons (Fsp3) is 0.417. The number of thiocarbonyl (C=S) groups is 1. The van der Waals surface area contributed by atoms with Crippen molar-refractivity contribution in [3.05, 3.63) is 29.3 Å². The number of nitrogens with one attached hydrogen (secondary N) is 1. The third kappa shape index (κ3) is 3.59. The zero-order valence-corrected chi connectivity index (χ0v) is 11.4. The Labute approximate surface area is 119 Å². The number of halogens is 3. The molecule has 0 aliphatic carbocycles. The summed E-state index contributed by atoms with van der Waals surface area (Å²) in [5.41, 5.74) is 7.61. The number of nitrogens with two attached hydrogens (primary N) is 1. The molecule has 4 nitrogen and oxygen atoms in total. The number of alkyl halides is 3. The number of anilines is 1. The molecule has 110 valence electrons. The number of hydrogen-bond acceptors (Lipinski definition) is 4. The van der Waals surface area contributed by atoms with E-state index in [0.717, 1.165) is 6.07 Å². The number of rotatable bonds is 3. The summed E-state index contributed by atoms with van der Waals surface area (Å²) >= 11 is 4.65. The summed E-state index contributed by atoms with van der Waals surface area (Å²) in [6.45, 7) is 2.31. The maximum Gasteiger partial charge on any atom is 0.417 e. The van der Waals surface area contributed by atoms with E-state index in [0.29, 0.717) is 32.0 Å². The third-order valence-corrected chi connectivity index (χ3v) is 3.11. The Morgan fingerprint density at radius 1 is 1.30 bits per heavy atom. The molecule has 1 saturated heterocycles. The van der Waals surface area contributed by atoms with Crippen LogP contribution in [0.15, 0.2) is 18.2 Å². The van der Waals surface area contributed by atoms with Crippen LogP contribution in [-0.2, 0) is 10.9 Å². The average Bonchev–Trinajstić information content (AvgIpc) is 2.38. The van der Waals surface area contributed by atoms with Gasteiger partial charge in [-0.15, -0.1) is 0 Å². The van der Waals surface area contributed by atoms with E-state index in [1.54, 1.807) is 5.01 Å². The highest BCUT2D eigenvalue weighted by atomic mass is 32.1. The van der Waals surface area contributed by atoms with E-state index in [4.69, 9.17) is 10.5 Å². The van der Waals surface area contributed by atoms with Gasteiger partial charge in [0.1, 0.15) is 4.99 Å². The largest absolute Gasteiger partial charge is 0.417 e. The predicted molar refractivity (Wildman–Crippen MR) is 73.3 cm³/mol. The van der Waals surface area contributed by atoms with E-state index in [-0.39, 0.29) is 10.6 Å². The monoisotopic (exact) mass is 305 g/mol. The van der Waals surface area contributed by atoms with Gasteiger partial charge in [0.25, 0.3) is 0 Å². The second-order valence-electron chi connectivity index (χ2n) is 4.33. The molecule has 1 aromatic carbocycles. The fourth-order valence-corrected chi connectivity index (χ4v) is 2.10. The van der Waals surface area contributed by atoms with E-state index in [1.165, 1.54) is 12.1 Å². The topological polar surface area (TPSA) is 50.5 Å². The van der Waals surface area contributed by atoms with Crippen LogP contribution in [0.3, 0.4) is 0 Å². The summed E-state index contributed by atoms with van der Waals surface area (Å²) in [7, 11) is 0. The van der Waals surface area contributed by atoms with Gasteiger partial charge in [0.2, 0.25) is 0 Å². The van der Waals surface area contributed by atoms with Crippen LogP contribution in [0.4, 0.5) is 18.9 Å². The molecule has 0 spiro atoms. The number of nitrogens with zero attached hydrogens (tertiary/aromatic N) is 1. The van der Waals surface area contributed by atoms with Gasteiger partial charge in [-0.1, -0.05) is 12.2 Å². The first-order chi connectivity index (χ1) is 9.38. The first-order valence-electron chi connectivity index (χ1n) is 5.98. The molecule has 0 saturated carbocycles. The smallest absolute Gasteiger partial charge is 0.389 e. The first kappa shape index (κ1) is 15.0. The minimum absolute atomic E-state index is 0.167. The van der Waals surface area contributed by atoms with Gasteiger partial charge in [0, 0.05) is 24.3 Å². The predicted octanol–water partition coefficient (Wildman–Crippen LogP) is 2.00. The Morgan fingerprint density at radius 3 is 2.50 bits per heavy atom. The Balaban J connectivity index is 2.25. The summed E-state index contributed by atoms with van der Waals surface area (Å²) in [6.07, 6.45) is -4.50. The number of benzene rings is 1. The minimum Gasteiger partial charge on any atom is -0.389 e. The molecule has 1 heterocycles. The average molecular weight is 305 g/mol. The molecule has 20 heavy (non-hydrogen) atoms. The lowest BCUT2D eigenvalue weighted by molar-refractivity contribution is -0.137. The standard InChI is InChI=1S/C12H14F3N3OS/c13-12(14,15)10-7-8(1-2-9(10)11(16)20)17-18-3-5-19-6-4-18/h1-2,7,17H,3-6H2,(H2,16,20). The highest BCUT2D eigenvalue weighted by Gasteiger charge is 2.34. The van der Waals surface area contributed by atoms with Gasteiger partial charge in [0.05, 0.1) is 18.8 Å². The normalized spacial score (nSPS) is 16.9. The van der Waals surface area contributed by atoms with E-state index >= 15 is 0 Å². The van der Waals surface area contributed by atoms with Gasteiger partial charge in [-0.3, -0.25) is 0 Å². The summed E-state index contributed by atoms with van der Waals surface area (Å²) in [6, 6.07) is 3.83. The lowest BCUT2D eigenvalue weighted by Gasteiger charge is -2.28. The summed E-state index contributed by atoms with van der Waals surface area (Å²) in [5, 5.41) is 1.80. The Hall–Kier alpha value is -1.38. The van der Waals surface area contributed by atoms with Gasteiger partial charge in [-0.2, -0.15) is 13.2 Å². The quantitative estimate of drug-likeness (QED) is 0.837. The van der Waals surface area contributed by atoms with Gasteiger partial charge in [-0.25, -0.2) is 5.01 Å². The maximum absolute atomic E-state index is 13.0. The van der Waals surface area contributed by atoms with Crippen LogP contribution in [0.1, 0.15) is 11.1 Å². The highest BCUT2D eigenvalue weighted by Crippen LogP contribution is 2.34. The number of hydrogen-bond donors (Lipinski definition) is 2. The summed E-state index contributed by atoms with van der Waals surface area (Å²) in [5.74, 6) is 0. The van der Waals surface area contributed by atoms with Crippen molar-refractivity contribution >= 4 is 22.9 Å². The van der Waals surface area contributed by atoms with Crippen molar-refractivity contribution in [2.75, 3.05) is 31.7 Å². The SMILES string of the molecule is NC(=S)c1ccc(NN2CCOCC2)cc1C(F)(F)F. The fourth-order valence-electron chi connectivity index (χ4n) is 1.92. The zero-order valence-electron chi connectivity index (χ0n) is 10.5. The highest BCUT2D eigenvalue weighted by molar-refractivity contribution is 7.80. The van der Waals surface area contributed by atoms with Gasteiger partial charge < -0.3 is 15.9 Å². The molecule has 1 aliphatic heterocycles. The van der Waals surface area contributed by atoms with Crippen LogP contribution in [0.5, 0.6) is 0 Å². The van der Waals surface area contributed by atoms with Gasteiger partial charge >= 0.3 is 6.18 Å². The van der Waals surface area contributed by atoms with E-state index in [1.807, 2.05) is 0 Å². The molecule has 0 atom stereocenters. The minimum atomic E-state index is -4.50. The Bertz CT molecular complexity index is 501. The molecule has 8 heteroatoms. The van der Waals surface area contributed by atoms with Crippen molar-refractivity contribution in [3.63, 3.8) is 0 Å². The molecule has 0 radical (unpaired) electrons. The molecular weight excluding hydrogens is 291 g/mol. The van der Waals surface area contributed by atoms with Crippen LogP contribution in [0.25, 0.3) is 0 Å². The number of hydrazine groups is 1. The van der Waals surface area contributed by atoms with Crippen molar-refractivity contribution in [2.45, 2.75) is 6.18 Å². The lowest BCUT2D eigenvalue weighted by atomic mass is 10.1. The molecule has 0 aromatic heterocycles. The maximum atomic E-state index is 13.0. The van der Waals surface area contributed by atoms with E-state index in [9.17, 15) is 13.2 Å². The number of ether oxygens (including phenoxy) is 1. The molecular formula is C12H14F3N3OS. The van der Waals surface area contributed by atoms with Gasteiger partial charge in [0.15, 0.2) is 0 Å². The van der Waals surface area contributed by atoms with Crippen molar-refractivity contribution in [1.29, 1.82) is 0 Å². The second-order valence-corrected chi connectivity index (χ2v) is 4.77. The van der Waals surface area contributed by atoms with E-state index in [2.05, 4.69) is 17.6 Å². The Morgan fingerprint density at radius 2 is 1.95 bits per heavy atom. The molecule has 1 aromatic rings. The van der Waals surface area contributed by atoms with Crippen LogP contribution in [0.2, 0.25) is 0 Å². The number of morpholine rings is 1. The lowest BCUT2D eigenvalue weighted by Crippen LogP contribution is -2.40. The molecule has 3 N–H and O–H groups in total. The molecule has 1 fully saturated rings. The van der Waals surface area contributed by atoms with E-state index < -0.39 is 11.7 Å². The van der Waals surface area contributed by atoms with Crippen molar-refractivity contribution in [3.8, 4) is 0 Å². The van der Waals surface area contributed by atoms with Crippen molar-refractivity contribution in [2.24, 2.45) is 5.73 Å². The van der Waals surface area contributed by atoms with Crippen molar-refractivity contribution < 1.29 is 17.9 Å². The van der Waals surface area contributed by atoms with Crippen molar-refractivity contribution in [1.82, 2.24) is 5.01 Å². The summed E-state index contributed by atoms with van der Waals surface area (Å²) in [4.78, 5) is -0.268. The first-order valence-corrected chi connectivity index (χ1v) is 6.39. The van der Waals surface area contributed by atoms with Crippen LogP contribution in [0, 0.1) is 0 Å². The molecule has 1 aliphatic rings. The molecule has 0 unspecified atom stereocenters. The summed E-state index contributed by atoms with van der Waals surface area (Å²) < 4.78 is 44.1. The molecule has 0 amide bonds. The molecule has 2 rings (SSSR count). The van der Waals surface area contributed by atoms with Gasteiger partial charge in [-0.05, 0) is 18.2 Å². The zero-order chi connectivity index (χ0) is 14.8. The van der Waals surface area contributed by atoms with Crippen LogP contribution >= 0.6 is 12.2 Å². The Kier molecular flexibility index (Phi) is 4.46. The second kappa shape index (κ2) is 5.94. The molecule has 0 bridgehead atoms. The third-order valence-electron chi connectivity index (χ3n) is 2.89. The van der Waals surface area contributed by atoms with Crippen LogP contribution in [-0.4, -0.2) is 36.3 Å².